The van der Waals surface area contributed by atoms with Crippen LogP contribution < -0.4 is 10.6 Å². The Kier molecular flexibility index (Phi) is 14.0. The fraction of sp³-hybridized carbons (Fsp3) is 0.522. The second kappa shape index (κ2) is 19.9. The van der Waals surface area contributed by atoms with Crippen molar-refractivity contribution in [2.75, 3.05) is 96.6 Å². The molecular formula is C46H60N10O7. The monoisotopic (exact) mass is 864 g/mol. The van der Waals surface area contributed by atoms with E-state index in [-0.39, 0.29) is 53.3 Å². The Morgan fingerprint density at radius 2 is 1.67 bits per heavy atom. The summed E-state index contributed by atoms with van der Waals surface area (Å²) in [6.45, 7) is 13.4. The van der Waals surface area contributed by atoms with Crippen molar-refractivity contribution in [2.24, 2.45) is 0 Å². The van der Waals surface area contributed by atoms with Gasteiger partial charge in [0.1, 0.15) is 17.3 Å². The first-order valence-electron chi connectivity index (χ1n) is 22.1. The van der Waals surface area contributed by atoms with Crippen LogP contribution in [0.4, 0.5) is 11.8 Å². The molecule has 2 amide bonds. The molecule has 4 N–H and O–H groups in total. The van der Waals surface area contributed by atoms with Gasteiger partial charge in [-0.05, 0) is 53.5 Å². The molecule has 4 aromatic rings. The molecule has 4 aliphatic heterocycles. The third-order valence-corrected chi connectivity index (χ3v) is 12.6. The van der Waals surface area contributed by atoms with Crippen molar-refractivity contribution in [2.45, 2.75) is 71.2 Å². The van der Waals surface area contributed by atoms with Gasteiger partial charge in [-0.3, -0.25) is 19.4 Å². The van der Waals surface area contributed by atoms with E-state index in [1.807, 2.05) is 18.7 Å². The molecule has 2 saturated heterocycles. The highest BCUT2D eigenvalue weighted by Crippen LogP contribution is 2.35. The number of phenolic OH excluding ortho intramolecular Hbond substituents is 2. The zero-order valence-electron chi connectivity index (χ0n) is 36.7. The summed E-state index contributed by atoms with van der Waals surface area (Å²) < 4.78 is 16.7. The van der Waals surface area contributed by atoms with Crippen LogP contribution in [-0.2, 0) is 51.6 Å². The lowest BCUT2D eigenvalue weighted by molar-refractivity contribution is -0.137. The Bertz CT molecular complexity index is 2250. The van der Waals surface area contributed by atoms with Crippen LogP contribution in [-0.4, -0.2) is 154 Å². The summed E-state index contributed by atoms with van der Waals surface area (Å²) in [5.41, 5.74) is 12.7. The van der Waals surface area contributed by atoms with E-state index in [0.717, 1.165) is 80.2 Å². The standard InChI is InChI=1S/C46H60N10O7/c1-30(2)37-21-38(41(58)22-40(37)57)45(60)55-26-32-5-4-31(20-33(32)27-55)25-52-9-6-35(7-10-52)56(14-17-63-19-18-61-3)42(59)29-53-11-8-36-39(28-53)50-43(34-23-48-46(47)49-24-34)51-44(36)54-12-15-62-16-13-54/h4-5,20-24,30,35,57-58H,6-19,25-29H2,1-3H3,(H2,47,48,49). The number of piperidine rings is 1. The summed E-state index contributed by atoms with van der Waals surface area (Å²) in [6.07, 6.45) is 5.71. The van der Waals surface area contributed by atoms with Crippen LogP contribution in [0.3, 0.4) is 0 Å². The maximum absolute atomic E-state index is 14.4. The van der Waals surface area contributed by atoms with E-state index >= 15 is 0 Å². The van der Waals surface area contributed by atoms with Gasteiger partial charge in [0.2, 0.25) is 11.9 Å². The molecule has 0 aliphatic carbocycles. The smallest absolute Gasteiger partial charge is 0.258 e. The number of nitrogens with zero attached hydrogens (tertiary/aromatic N) is 9. The molecule has 0 unspecified atom stereocenters. The number of carbonyl (C=O) groups is 2. The quantitative estimate of drug-likeness (QED) is 0.147. The van der Waals surface area contributed by atoms with E-state index in [0.29, 0.717) is 82.7 Å². The van der Waals surface area contributed by atoms with Crippen LogP contribution in [0.2, 0.25) is 0 Å². The minimum absolute atomic E-state index is 0.00166. The minimum Gasteiger partial charge on any atom is -0.508 e. The Labute approximate surface area is 368 Å². The maximum Gasteiger partial charge on any atom is 0.258 e. The molecule has 0 spiro atoms. The van der Waals surface area contributed by atoms with Crippen molar-refractivity contribution in [3.8, 4) is 22.9 Å². The van der Waals surface area contributed by atoms with E-state index in [1.165, 1.54) is 11.6 Å². The van der Waals surface area contributed by atoms with E-state index in [9.17, 15) is 19.8 Å². The maximum atomic E-state index is 14.4. The molecule has 6 heterocycles. The van der Waals surface area contributed by atoms with Gasteiger partial charge in [0.05, 0.1) is 56.4 Å². The SMILES string of the molecule is COCCOCCN(C(=O)CN1CCc2c(nc(-c3cnc(N)nc3)nc2N2CCOCC2)C1)C1CCN(Cc2ccc3c(c2)CN(C(=O)c2cc(C(C)C)c(O)cc2O)C3)CC1. The molecule has 4 aliphatic rings. The zero-order valence-corrected chi connectivity index (χ0v) is 36.7. The van der Waals surface area contributed by atoms with Gasteiger partial charge in [0.15, 0.2) is 5.82 Å². The fourth-order valence-corrected chi connectivity index (χ4v) is 9.15. The van der Waals surface area contributed by atoms with Gasteiger partial charge < -0.3 is 44.9 Å². The molecule has 0 atom stereocenters. The third kappa shape index (κ3) is 10.3. The molecule has 0 saturated carbocycles. The number of aromatic nitrogens is 4. The minimum atomic E-state index is -0.256. The molecule has 2 aromatic heterocycles. The van der Waals surface area contributed by atoms with Gasteiger partial charge in [-0.1, -0.05) is 32.0 Å². The van der Waals surface area contributed by atoms with Crippen LogP contribution in [0.15, 0.2) is 42.7 Å². The molecule has 8 rings (SSSR count). The molecule has 0 radical (unpaired) electrons. The number of carbonyl (C=O) groups excluding carboxylic acids is 2. The zero-order chi connectivity index (χ0) is 44.0. The van der Waals surface area contributed by atoms with Gasteiger partial charge in [0, 0.05) is 103 Å². The number of ether oxygens (including phenoxy) is 3. The van der Waals surface area contributed by atoms with E-state index in [4.69, 9.17) is 29.9 Å². The number of fused-ring (bicyclic) bond motifs is 2. The number of benzene rings is 2. The molecule has 2 fully saturated rings. The number of rotatable bonds is 15. The second-order valence-corrected chi connectivity index (χ2v) is 17.2. The molecule has 336 valence electrons. The van der Waals surface area contributed by atoms with E-state index < -0.39 is 0 Å². The number of anilines is 2. The average molecular weight is 865 g/mol. The van der Waals surface area contributed by atoms with Crippen LogP contribution in [0.5, 0.6) is 11.5 Å². The van der Waals surface area contributed by atoms with Crippen molar-refractivity contribution in [3.63, 3.8) is 0 Å². The highest BCUT2D eigenvalue weighted by Gasteiger charge is 2.33. The van der Waals surface area contributed by atoms with Gasteiger partial charge in [-0.25, -0.2) is 19.9 Å². The number of likely N-dealkylation sites (tertiary alicyclic amines) is 1. The number of nitrogens with two attached hydrogens (primary N) is 1. The van der Waals surface area contributed by atoms with Crippen molar-refractivity contribution in [1.82, 2.24) is 39.5 Å². The molecule has 17 nitrogen and oxygen atoms in total. The lowest BCUT2D eigenvalue weighted by atomic mass is 9.98. The molecule has 63 heavy (non-hydrogen) atoms. The van der Waals surface area contributed by atoms with E-state index in [2.05, 4.69) is 42.9 Å². The number of hydrogen-bond donors (Lipinski definition) is 3. The number of amides is 2. The molecule has 17 heteroatoms. The lowest BCUT2D eigenvalue weighted by Gasteiger charge is -2.40. The summed E-state index contributed by atoms with van der Waals surface area (Å²) in [4.78, 5) is 57.0. The van der Waals surface area contributed by atoms with Crippen molar-refractivity contribution in [3.05, 3.63) is 81.8 Å². The topological polar surface area (TPSA) is 196 Å². The Morgan fingerprint density at radius 1 is 0.905 bits per heavy atom. The molecular weight excluding hydrogens is 805 g/mol. The first-order chi connectivity index (χ1) is 30.5. The average Bonchev–Trinajstić information content (AvgIpc) is 3.71. The largest absolute Gasteiger partial charge is 0.508 e. The van der Waals surface area contributed by atoms with Crippen molar-refractivity contribution < 1.29 is 34.0 Å². The second-order valence-electron chi connectivity index (χ2n) is 17.2. The number of methoxy groups -OCH3 is 1. The molecule has 2 aromatic carbocycles. The fourth-order valence-electron chi connectivity index (χ4n) is 9.15. The number of aromatic hydroxyl groups is 2. The summed E-state index contributed by atoms with van der Waals surface area (Å²) in [5.74, 6) is 1.24. The lowest BCUT2D eigenvalue weighted by Crippen LogP contribution is -2.51. The normalized spacial score (nSPS) is 17.3. The summed E-state index contributed by atoms with van der Waals surface area (Å²) >= 11 is 0. The summed E-state index contributed by atoms with van der Waals surface area (Å²) in [7, 11) is 1.65. The van der Waals surface area contributed by atoms with E-state index in [1.54, 1.807) is 30.5 Å². The predicted octanol–water partition coefficient (Wildman–Crippen LogP) is 3.56. The molecule has 0 bridgehead atoms. The number of phenols is 2. The Morgan fingerprint density at radius 3 is 2.41 bits per heavy atom. The van der Waals surface area contributed by atoms with Crippen molar-refractivity contribution in [1.29, 1.82) is 0 Å². The van der Waals surface area contributed by atoms with Crippen LogP contribution in [0.25, 0.3) is 11.4 Å². The van der Waals surface area contributed by atoms with Crippen molar-refractivity contribution >= 4 is 23.6 Å². The van der Waals surface area contributed by atoms with Crippen LogP contribution in [0.1, 0.15) is 76.5 Å². The van der Waals surface area contributed by atoms with Gasteiger partial charge in [-0.2, -0.15) is 0 Å². The third-order valence-electron chi connectivity index (χ3n) is 12.6. The first kappa shape index (κ1) is 44.2. The van der Waals surface area contributed by atoms with Gasteiger partial charge in [-0.15, -0.1) is 0 Å². The highest BCUT2D eigenvalue weighted by molar-refractivity contribution is 5.97. The van der Waals surface area contributed by atoms with Gasteiger partial charge >= 0.3 is 0 Å². The summed E-state index contributed by atoms with van der Waals surface area (Å²) in [5, 5.41) is 20.9. The number of nitrogen functional groups attached to an aromatic ring is 1. The predicted molar refractivity (Wildman–Crippen MR) is 236 cm³/mol. The number of morpholine rings is 1. The summed E-state index contributed by atoms with van der Waals surface area (Å²) in [6, 6.07) is 9.39. The van der Waals surface area contributed by atoms with Crippen LogP contribution in [0, 0.1) is 0 Å². The van der Waals surface area contributed by atoms with Crippen LogP contribution >= 0.6 is 0 Å². The highest BCUT2D eigenvalue weighted by atomic mass is 16.5. The Hall–Kier alpha value is -5.46. The first-order valence-corrected chi connectivity index (χ1v) is 22.1. The number of hydrogen-bond acceptors (Lipinski definition) is 15. The van der Waals surface area contributed by atoms with Gasteiger partial charge in [0.25, 0.3) is 5.91 Å². The Balaban J connectivity index is 0.903.